The van der Waals surface area contributed by atoms with E-state index in [0.29, 0.717) is 0 Å². The summed E-state index contributed by atoms with van der Waals surface area (Å²) in [5, 5.41) is 7.46. The second-order valence-electron chi connectivity index (χ2n) is 7.01. The van der Waals surface area contributed by atoms with Gasteiger partial charge in [0.2, 0.25) is 0 Å². The second-order valence-corrected chi connectivity index (χ2v) is 8.80. The quantitative estimate of drug-likeness (QED) is 0.733. The summed E-state index contributed by atoms with van der Waals surface area (Å²) in [6, 6.07) is 10.2. The molecule has 1 aromatic carbocycles. The molecule has 6 heteroatoms. The fourth-order valence-corrected chi connectivity index (χ4v) is 5.21. The van der Waals surface area contributed by atoms with Crippen molar-refractivity contribution in [2.75, 3.05) is 39.3 Å². The van der Waals surface area contributed by atoms with Crippen molar-refractivity contribution in [1.29, 1.82) is 0 Å². The first kappa shape index (κ1) is 19.3. The summed E-state index contributed by atoms with van der Waals surface area (Å²) in [5.41, 5.74) is 3.50. The highest BCUT2D eigenvalue weighted by atomic mass is 32.2. The highest BCUT2D eigenvalue weighted by Crippen LogP contribution is 2.28. The number of piperazine rings is 1. The second kappa shape index (κ2) is 9.45. The Hall–Kier alpha value is -2.02. The van der Waals surface area contributed by atoms with Crippen LogP contribution < -0.4 is 5.32 Å². The molecule has 0 radical (unpaired) electrons. The Morgan fingerprint density at radius 1 is 1.14 bits per heavy atom. The van der Waals surface area contributed by atoms with Gasteiger partial charge < -0.3 is 10.2 Å². The molecule has 4 nitrogen and oxygen atoms in total. The maximum Gasteiger partial charge on any atom is 0.255 e. The standard InChI is InChI=1S/C22H25N3OS2/c26-22(20-3-1-2-4-21(20)28-17-19-7-14-27-16-19)25-12-10-24(11-13-25)15-18-5-8-23-9-6-18/h1-8,14,16,23H,9-13,15,17H2. The third-order valence-corrected chi connectivity index (χ3v) is 6.93. The zero-order valence-corrected chi connectivity index (χ0v) is 17.5. The molecule has 146 valence electrons. The van der Waals surface area contributed by atoms with Crippen molar-refractivity contribution < 1.29 is 4.79 Å². The maximum absolute atomic E-state index is 13.1. The normalized spacial score (nSPS) is 17.3. The van der Waals surface area contributed by atoms with Crippen LogP contribution in [0.5, 0.6) is 0 Å². The van der Waals surface area contributed by atoms with Crippen LogP contribution in [0.15, 0.2) is 69.9 Å². The van der Waals surface area contributed by atoms with Crippen molar-refractivity contribution in [2.45, 2.75) is 10.6 Å². The average Bonchev–Trinajstić information content (AvgIpc) is 3.27. The number of amides is 1. The van der Waals surface area contributed by atoms with Crippen molar-refractivity contribution in [3.63, 3.8) is 0 Å². The van der Waals surface area contributed by atoms with E-state index < -0.39 is 0 Å². The van der Waals surface area contributed by atoms with Crippen LogP contribution in [-0.2, 0) is 5.75 Å². The molecule has 4 rings (SSSR count). The molecule has 1 N–H and O–H groups in total. The number of thiophene rings is 1. The van der Waals surface area contributed by atoms with Gasteiger partial charge in [-0.25, -0.2) is 0 Å². The van der Waals surface area contributed by atoms with Crippen LogP contribution in [0.25, 0.3) is 0 Å². The molecule has 0 unspecified atom stereocenters. The zero-order chi connectivity index (χ0) is 19.2. The van der Waals surface area contributed by atoms with E-state index in [9.17, 15) is 4.79 Å². The molecule has 0 aliphatic carbocycles. The van der Waals surface area contributed by atoms with Crippen LogP contribution in [0.2, 0.25) is 0 Å². The lowest BCUT2D eigenvalue weighted by Crippen LogP contribution is -2.49. The van der Waals surface area contributed by atoms with Crippen molar-refractivity contribution in [3.05, 3.63) is 76.1 Å². The van der Waals surface area contributed by atoms with Gasteiger partial charge in [0.15, 0.2) is 0 Å². The third kappa shape index (κ3) is 4.87. The summed E-state index contributed by atoms with van der Waals surface area (Å²) in [6.45, 7) is 5.30. The molecule has 0 spiro atoms. The number of nitrogens with one attached hydrogen (secondary N) is 1. The minimum atomic E-state index is 0.161. The Labute approximate surface area is 174 Å². The molecule has 0 atom stereocenters. The number of dihydropyridines is 1. The highest BCUT2D eigenvalue weighted by molar-refractivity contribution is 7.98. The number of carbonyl (C=O) groups is 1. The summed E-state index contributed by atoms with van der Waals surface area (Å²) >= 11 is 3.46. The largest absolute Gasteiger partial charge is 0.387 e. The fraction of sp³-hybridized carbons (Fsp3) is 0.318. The van der Waals surface area contributed by atoms with Gasteiger partial charge in [0.25, 0.3) is 5.91 Å². The summed E-state index contributed by atoms with van der Waals surface area (Å²) in [4.78, 5) is 18.7. The lowest BCUT2D eigenvalue weighted by Gasteiger charge is -2.35. The van der Waals surface area contributed by atoms with Gasteiger partial charge in [0.1, 0.15) is 0 Å². The molecule has 0 saturated carbocycles. The lowest BCUT2D eigenvalue weighted by molar-refractivity contribution is 0.0645. The number of hydrogen-bond donors (Lipinski definition) is 1. The number of carbonyl (C=O) groups excluding carboxylic acids is 1. The Morgan fingerprint density at radius 2 is 2.00 bits per heavy atom. The van der Waals surface area contributed by atoms with Crippen LogP contribution >= 0.6 is 23.1 Å². The molecular weight excluding hydrogens is 386 g/mol. The van der Waals surface area contributed by atoms with Crippen LogP contribution in [0.4, 0.5) is 0 Å². The van der Waals surface area contributed by atoms with E-state index in [1.54, 1.807) is 23.1 Å². The van der Waals surface area contributed by atoms with E-state index in [1.807, 2.05) is 29.3 Å². The van der Waals surface area contributed by atoms with Gasteiger partial charge in [-0.1, -0.05) is 18.2 Å². The average molecular weight is 412 g/mol. The van der Waals surface area contributed by atoms with Gasteiger partial charge in [-0.05, 0) is 52.4 Å². The molecule has 1 aromatic heterocycles. The first-order valence-corrected chi connectivity index (χ1v) is 11.6. The number of thioether (sulfide) groups is 1. The molecule has 0 bridgehead atoms. The fourth-order valence-electron chi connectivity index (χ4n) is 3.45. The van der Waals surface area contributed by atoms with E-state index >= 15 is 0 Å². The summed E-state index contributed by atoms with van der Waals surface area (Å²) in [7, 11) is 0. The van der Waals surface area contributed by atoms with Gasteiger partial charge >= 0.3 is 0 Å². The molecule has 1 amide bonds. The lowest BCUT2D eigenvalue weighted by atomic mass is 10.1. The Morgan fingerprint density at radius 3 is 2.75 bits per heavy atom. The monoisotopic (exact) mass is 411 g/mol. The smallest absolute Gasteiger partial charge is 0.255 e. The number of hydrogen-bond acceptors (Lipinski definition) is 5. The molecule has 1 fully saturated rings. The summed E-state index contributed by atoms with van der Waals surface area (Å²) in [6.07, 6.45) is 6.39. The van der Waals surface area contributed by atoms with Gasteiger partial charge in [-0.2, -0.15) is 11.3 Å². The first-order valence-electron chi connectivity index (χ1n) is 9.63. The van der Waals surface area contributed by atoms with Crippen LogP contribution in [0.3, 0.4) is 0 Å². The van der Waals surface area contributed by atoms with Crippen molar-refractivity contribution in [3.8, 4) is 0 Å². The topological polar surface area (TPSA) is 35.6 Å². The van der Waals surface area contributed by atoms with Crippen LogP contribution in [0, 0.1) is 0 Å². The molecule has 2 aliphatic rings. The van der Waals surface area contributed by atoms with E-state index in [0.717, 1.165) is 55.5 Å². The molecule has 1 saturated heterocycles. The molecule has 28 heavy (non-hydrogen) atoms. The zero-order valence-electron chi connectivity index (χ0n) is 15.8. The molecule has 2 aliphatic heterocycles. The Bertz CT molecular complexity index is 852. The maximum atomic E-state index is 13.1. The highest BCUT2D eigenvalue weighted by Gasteiger charge is 2.24. The SMILES string of the molecule is O=C(c1ccccc1SCc1ccsc1)N1CCN(CC2=CCNC=C2)CC1. The Balaban J connectivity index is 1.35. The van der Waals surface area contributed by atoms with Crippen molar-refractivity contribution >= 4 is 29.0 Å². The summed E-state index contributed by atoms with van der Waals surface area (Å²) < 4.78 is 0. The van der Waals surface area contributed by atoms with Gasteiger partial charge in [-0.15, -0.1) is 11.8 Å². The number of rotatable bonds is 6. The van der Waals surface area contributed by atoms with Crippen LogP contribution in [0.1, 0.15) is 15.9 Å². The van der Waals surface area contributed by atoms with Crippen molar-refractivity contribution in [1.82, 2.24) is 15.1 Å². The predicted molar refractivity (Wildman–Crippen MR) is 118 cm³/mol. The number of nitrogens with zero attached hydrogens (tertiary/aromatic N) is 2. The van der Waals surface area contributed by atoms with Gasteiger partial charge in [-0.3, -0.25) is 9.69 Å². The number of benzene rings is 1. The van der Waals surface area contributed by atoms with E-state index in [4.69, 9.17) is 0 Å². The van der Waals surface area contributed by atoms with Gasteiger partial charge in [0.05, 0.1) is 5.56 Å². The van der Waals surface area contributed by atoms with E-state index in [2.05, 4.69) is 45.3 Å². The first-order chi connectivity index (χ1) is 13.8. The predicted octanol–water partition coefficient (Wildman–Crippen LogP) is 3.84. The third-order valence-electron chi connectivity index (χ3n) is 5.05. The summed E-state index contributed by atoms with van der Waals surface area (Å²) in [5.74, 6) is 1.06. The minimum Gasteiger partial charge on any atom is -0.387 e. The molecular formula is C22H25N3OS2. The minimum absolute atomic E-state index is 0.161. The van der Waals surface area contributed by atoms with Crippen LogP contribution in [-0.4, -0.2) is 55.0 Å². The van der Waals surface area contributed by atoms with Crippen molar-refractivity contribution in [2.24, 2.45) is 0 Å². The van der Waals surface area contributed by atoms with E-state index in [1.165, 1.54) is 11.1 Å². The van der Waals surface area contributed by atoms with E-state index in [-0.39, 0.29) is 5.91 Å². The molecule has 3 heterocycles. The van der Waals surface area contributed by atoms with Gasteiger partial charge in [0, 0.05) is 49.9 Å². The molecule has 2 aromatic rings. The Kier molecular flexibility index (Phi) is 6.52.